The minimum atomic E-state index is 0.610. The number of hydrogen-bond donors (Lipinski definition) is 1. The molecule has 0 amide bonds. The summed E-state index contributed by atoms with van der Waals surface area (Å²) in [6.07, 6.45) is 4.21. The third-order valence-electron chi connectivity index (χ3n) is 3.23. The Balaban J connectivity index is 2.20. The first kappa shape index (κ1) is 12.2. The third-order valence-corrected chi connectivity index (χ3v) is 3.23. The van der Waals surface area contributed by atoms with Crippen molar-refractivity contribution < 1.29 is 4.42 Å². The van der Waals surface area contributed by atoms with Crippen LogP contribution in [-0.2, 0) is 0 Å². The Kier molecular flexibility index (Phi) is 4.21. The summed E-state index contributed by atoms with van der Waals surface area (Å²) in [6, 6.07) is 8.58. The molecule has 1 unspecified atom stereocenters. The topological polar surface area (TPSA) is 25.2 Å². The molecule has 0 aliphatic carbocycles. The first-order valence-electron chi connectivity index (χ1n) is 6.53. The standard InChI is InChI=1S/C15H21NO/c1-3-5-14(11-16-4-2)12-6-7-15-13(10-12)8-9-17-15/h6-10,14,16H,3-5,11H2,1-2H3. The zero-order valence-corrected chi connectivity index (χ0v) is 10.7. The number of fused-ring (bicyclic) bond motifs is 1. The van der Waals surface area contributed by atoms with Gasteiger partial charge in [-0.2, -0.15) is 0 Å². The molecule has 0 radical (unpaired) electrons. The Hall–Kier alpha value is -1.28. The van der Waals surface area contributed by atoms with Crippen molar-refractivity contribution in [3.05, 3.63) is 36.1 Å². The smallest absolute Gasteiger partial charge is 0.133 e. The van der Waals surface area contributed by atoms with Gasteiger partial charge in [-0.1, -0.05) is 26.3 Å². The van der Waals surface area contributed by atoms with Gasteiger partial charge in [0.2, 0.25) is 0 Å². The van der Waals surface area contributed by atoms with Crippen molar-refractivity contribution in [1.82, 2.24) is 5.32 Å². The number of hydrogen-bond acceptors (Lipinski definition) is 2. The summed E-state index contributed by atoms with van der Waals surface area (Å²) in [4.78, 5) is 0. The molecule has 1 aromatic heterocycles. The van der Waals surface area contributed by atoms with Crippen molar-refractivity contribution >= 4 is 11.0 Å². The van der Waals surface area contributed by atoms with Crippen molar-refractivity contribution in [3.8, 4) is 0 Å². The van der Waals surface area contributed by atoms with Crippen LogP contribution in [0.4, 0.5) is 0 Å². The minimum absolute atomic E-state index is 0.610. The number of rotatable bonds is 6. The first-order chi connectivity index (χ1) is 8.35. The molecule has 92 valence electrons. The van der Waals surface area contributed by atoms with E-state index in [-0.39, 0.29) is 0 Å². The molecule has 17 heavy (non-hydrogen) atoms. The van der Waals surface area contributed by atoms with Crippen molar-refractivity contribution in [2.45, 2.75) is 32.6 Å². The van der Waals surface area contributed by atoms with E-state index in [0.29, 0.717) is 5.92 Å². The van der Waals surface area contributed by atoms with Gasteiger partial charge < -0.3 is 9.73 Å². The van der Waals surface area contributed by atoms with Crippen LogP contribution in [0.15, 0.2) is 34.9 Å². The highest BCUT2D eigenvalue weighted by molar-refractivity contribution is 5.77. The molecule has 2 rings (SSSR count). The van der Waals surface area contributed by atoms with Crippen LogP contribution in [0, 0.1) is 0 Å². The fourth-order valence-electron chi connectivity index (χ4n) is 2.29. The predicted molar refractivity (Wildman–Crippen MR) is 72.4 cm³/mol. The fraction of sp³-hybridized carbons (Fsp3) is 0.467. The lowest BCUT2D eigenvalue weighted by molar-refractivity contribution is 0.555. The van der Waals surface area contributed by atoms with Crippen LogP contribution in [0.25, 0.3) is 11.0 Å². The third kappa shape index (κ3) is 2.89. The van der Waals surface area contributed by atoms with Crippen LogP contribution in [0.1, 0.15) is 38.2 Å². The van der Waals surface area contributed by atoms with E-state index in [9.17, 15) is 0 Å². The van der Waals surface area contributed by atoms with Gasteiger partial charge in [-0.3, -0.25) is 0 Å². The average molecular weight is 231 g/mol. The molecule has 0 bridgehead atoms. The molecule has 1 atom stereocenters. The molecule has 2 heteroatoms. The van der Waals surface area contributed by atoms with Crippen LogP contribution in [-0.4, -0.2) is 13.1 Å². The lowest BCUT2D eigenvalue weighted by Gasteiger charge is -2.17. The van der Waals surface area contributed by atoms with Gasteiger partial charge in [-0.15, -0.1) is 0 Å². The minimum Gasteiger partial charge on any atom is -0.464 e. The number of benzene rings is 1. The van der Waals surface area contributed by atoms with Crippen molar-refractivity contribution in [2.24, 2.45) is 0 Å². The second kappa shape index (κ2) is 5.87. The highest BCUT2D eigenvalue weighted by Crippen LogP contribution is 2.25. The summed E-state index contributed by atoms with van der Waals surface area (Å²) in [6.45, 7) is 6.50. The highest BCUT2D eigenvalue weighted by Gasteiger charge is 2.11. The molecule has 1 N–H and O–H groups in total. The van der Waals surface area contributed by atoms with Crippen LogP contribution < -0.4 is 5.32 Å². The van der Waals surface area contributed by atoms with Crippen LogP contribution in [0.3, 0.4) is 0 Å². The maximum absolute atomic E-state index is 5.38. The number of nitrogens with one attached hydrogen (secondary N) is 1. The second-order valence-electron chi connectivity index (χ2n) is 4.51. The van der Waals surface area contributed by atoms with E-state index in [1.54, 1.807) is 6.26 Å². The molecule has 0 aliphatic heterocycles. The Morgan fingerprint density at radius 1 is 1.24 bits per heavy atom. The largest absolute Gasteiger partial charge is 0.464 e. The van der Waals surface area contributed by atoms with Gasteiger partial charge in [0.05, 0.1) is 6.26 Å². The van der Waals surface area contributed by atoms with Crippen LogP contribution in [0.5, 0.6) is 0 Å². The van der Waals surface area contributed by atoms with Gasteiger partial charge in [-0.25, -0.2) is 0 Å². The predicted octanol–water partition coefficient (Wildman–Crippen LogP) is 3.93. The summed E-state index contributed by atoms with van der Waals surface area (Å²) in [7, 11) is 0. The van der Waals surface area contributed by atoms with Crippen LogP contribution >= 0.6 is 0 Å². The van der Waals surface area contributed by atoms with E-state index in [2.05, 4.69) is 37.4 Å². The summed E-state index contributed by atoms with van der Waals surface area (Å²) >= 11 is 0. The molecule has 0 aliphatic rings. The van der Waals surface area contributed by atoms with E-state index in [1.165, 1.54) is 23.8 Å². The Morgan fingerprint density at radius 2 is 2.12 bits per heavy atom. The van der Waals surface area contributed by atoms with Gasteiger partial charge in [0.1, 0.15) is 5.58 Å². The molecule has 0 spiro atoms. The quantitative estimate of drug-likeness (QED) is 0.815. The molecule has 0 fully saturated rings. The summed E-state index contributed by atoms with van der Waals surface area (Å²) < 4.78 is 5.38. The normalized spacial score (nSPS) is 13.1. The van der Waals surface area contributed by atoms with E-state index >= 15 is 0 Å². The lowest BCUT2D eigenvalue weighted by Crippen LogP contribution is -2.21. The van der Waals surface area contributed by atoms with Gasteiger partial charge in [-0.05, 0) is 42.6 Å². The lowest BCUT2D eigenvalue weighted by atomic mass is 9.93. The Labute approximate surface area is 103 Å². The van der Waals surface area contributed by atoms with E-state index < -0.39 is 0 Å². The summed E-state index contributed by atoms with van der Waals surface area (Å²) in [5.74, 6) is 0.610. The van der Waals surface area contributed by atoms with E-state index in [1.807, 2.05) is 6.07 Å². The maximum Gasteiger partial charge on any atom is 0.133 e. The van der Waals surface area contributed by atoms with Crippen LogP contribution in [0.2, 0.25) is 0 Å². The number of furan rings is 1. The molecule has 2 nitrogen and oxygen atoms in total. The van der Waals surface area contributed by atoms with Gasteiger partial charge >= 0.3 is 0 Å². The van der Waals surface area contributed by atoms with E-state index in [0.717, 1.165) is 18.7 Å². The average Bonchev–Trinajstić information content (AvgIpc) is 2.81. The molecule has 0 saturated heterocycles. The molecule has 2 aromatic rings. The summed E-state index contributed by atoms with van der Waals surface area (Å²) in [5, 5.41) is 4.66. The molecular weight excluding hydrogens is 210 g/mol. The number of likely N-dealkylation sites (N-methyl/N-ethyl adjacent to an activating group) is 1. The molecular formula is C15H21NO. The van der Waals surface area contributed by atoms with Crippen molar-refractivity contribution in [3.63, 3.8) is 0 Å². The van der Waals surface area contributed by atoms with Crippen molar-refractivity contribution in [1.29, 1.82) is 0 Å². The van der Waals surface area contributed by atoms with Crippen molar-refractivity contribution in [2.75, 3.05) is 13.1 Å². The molecule has 1 aromatic carbocycles. The molecule has 1 heterocycles. The fourth-order valence-corrected chi connectivity index (χ4v) is 2.29. The zero-order valence-electron chi connectivity index (χ0n) is 10.7. The maximum atomic E-state index is 5.38. The highest BCUT2D eigenvalue weighted by atomic mass is 16.3. The van der Waals surface area contributed by atoms with Gasteiger partial charge in [0.25, 0.3) is 0 Å². The Morgan fingerprint density at radius 3 is 2.88 bits per heavy atom. The van der Waals surface area contributed by atoms with Gasteiger partial charge in [0, 0.05) is 11.9 Å². The second-order valence-corrected chi connectivity index (χ2v) is 4.51. The Bertz CT molecular complexity index is 461. The van der Waals surface area contributed by atoms with E-state index in [4.69, 9.17) is 4.42 Å². The first-order valence-corrected chi connectivity index (χ1v) is 6.53. The summed E-state index contributed by atoms with van der Waals surface area (Å²) in [5.41, 5.74) is 2.40. The zero-order chi connectivity index (χ0) is 12.1. The SMILES string of the molecule is CCCC(CNCC)c1ccc2occc2c1. The monoisotopic (exact) mass is 231 g/mol. The van der Waals surface area contributed by atoms with Gasteiger partial charge in [0.15, 0.2) is 0 Å². The molecule has 0 saturated carbocycles.